The molecule has 8 heteroatoms. The number of nitrogens with one attached hydrogen (secondary N) is 1. The SMILES string of the molecule is CC(=O)N[C@@H](Cc1ccc([N+](=O)[O-])c(F)c1)C(=O)O. The standard InChI is InChI=1S/C11H11FN2O5/c1-6(15)13-9(11(16)17)5-7-2-3-10(14(18)19)8(12)4-7/h2-4,9H,5H2,1H3,(H,13,15)(H,16,17)/t9-/m0/s1. The Hall–Kier alpha value is -2.51. The lowest BCUT2D eigenvalue weighted by molar-refractivity contribution is -0.387. The summed E-state index contributed by atoms with van der Waals surface area (Å²) in [4.78, 5) is 31.3. The van der Waals surface area contributed by atoms with Crippen molar-refractivity contribution in [2.75, 3.05) is 0 Å². The van der Waals surface area contributed by atoms with Crippen LogP contribution in [-0.4, -0.2) is 27.9 Å². The maximum Gasteiger partial charge on any atom is 0.326 e. The molecule has 1 atom stereocenters. The number of carboxylic acid groups (broad SMARTS) is 1. The average Bonchev–Trinajstić information content (AvgIpc) is 2.26. The Morgan fingerprint density at radius 1 is 1.53 bits per heavy atom. The van der Waals surface area contributed by atoms with Gasteiger partial charge in [-0.1, -0.05) is 6.07 Å². The van der Waals surface area contributed by atoms with E-state index in [0.717, 1.165) is 19.1 Å². The number of nitro groups is 1. The van der Waals surface area contributed by atoms with Crippen LogP contribution in [0, 0.1) is 15.9 Å². The monoisotopic (exact) mass is 270 g/mol. The molecule has 2 N–H and O–H groups in total. The Labute approximate surface area is 107 Å². The molecule has 0 heterocycles. The van der Waals surface area contributed by atoms with Crippen molar-refractivity contribution in [3.05, 3.63) is 39.7 Å². The molecule has 102 valence electrons. The van der Waals surface area contributed by atoms with Crippen LogP contribution in [0.4, 0.5) is 10.1 Å². The summed E-state index contributed by atoms with van der Waals surface area (Å²) in [6.45, 7) is 1.16. The topological polar surface area (TPSA) is 110 Å². The van der Waals surface area contributed by atoms with Crippen molar-refractivity contribution in [2.24, 2.45) is 0 Å². The lowest BCUT2D eigenvalue weighted by atomic mass is 10.1. The van der Waals surface area contributed by atoms with Crippen LogP contribution in [-0.2, 0) is 16.0 Å². The molecule has 0 aliphatic carbocycles. The van der Waals surface area contributed by atoms with Crippen LogP contribution >= 0.6 is 0 Å². The molecular weight excluding hydrogens is 259 g/mol. The molecule has 0 unspecified atom stereocenters. The van der Waals surface area contributed by atoms with Gasteiger partial charge in [0.25, 0.3) is 0 Å². The van der Waals surface area contributed by atoms with Crippen molar-refractivity contribution in [3.63, 3.8) is 0 Å². The van der Waals surface area contributed by atoms with Crippen molar-refractivity contribution in [1.82, 2.24) is 5.32 Å². The first-order valence-corrected chi connectivity index (χ1v) is 5.24. The smallest absolute Gasteiger partial charge is 0.326 e. The van der Waals surface area contributed by atoms with E-state index in [4.69, 9.17) is 5.11 Å². The fourth-order valence-corrected chi connectivity index (χ4v) is 1.51. The number of halogens is 1. The highest BCUT2D eigenvalue weighted by Gasteiger charge is 2.21. The molecule has 7 nitrogen and oxygen atoms in total. The van der Waals surface area contributed by atoms with Crippen molar-refractivity contribution in [1.29, 1.82) is 0 Å². The molecule has 1 rings (SSSR count). The Morgan fingerprint density at radius 2 is 2.16 bits per heavy atom. The number of carbonyl (C=O) groups excluding carboxylic acids is 1. The quantitative estimate of drug-likeness (QED) is 0.609. The van der Waals surface area contributed by atoms with Gasteiger partial charge in [-0.15, -0.1) is 0 Å². The van der Waals surface area contributed by atoms with E-state index in [1.54, 1.807) is 0 Å². The Morgan fingerprint density at radius 3 is 2.58 bits per heavy atom. The second kappa shape index (κ2) is 5.89. The molecule has 0 aromatic heterocycles. The van der Waals surface area contributed by atoms with Gasteiger partial charge in [-0.2, -0.15) is 4.39 Å². The normalized spacial score (nSPS) is 11.7. The Bertz CT molecular complexity index is 532. The van der Waals surface area contributed by atoms with E-state index < -0.39 is 34.3 Å². The summed E-state index contributed by atoms with van der Waals surface area (Å²) in [5.74, 6) is -2.85. The second-order valence-corrected chi connectivity index (χ2v) is 3.84. The maximum absolute atomic E-state index is 13.3. The van der Waals surface area contributed by atoms with Crippen LogP contribution in [0.25, 0.3) is 0 Å². The molecule has 19 heavy (non-hydrogen) atoms. The first kappa shape index (κ1) is 14.6. The van der Waals surface area contributed by atoms with Gasteiger partial charge in [0.2, 0.25) is 11.7 Å². The van der Waals surface area contributed by atoms with Gasteiger partial charge in [0, 0.05) is 19.4 Å². The number of nitrogens with zero attached hydrogens (tertiary/aromatic N) is 1. The van der Waals surface area contributed by atoms with Crippen molar-refractivity contribution >= 4 is 17.6 Å². The van der Waals surface area contributed by atoms with Crippen LogP contribution in [0.3, 0.4) is 0 Å². The van der Waals surface area contributed by atoms with Crippen LogP contribution in [0.15, 0.2) is 18.2 Å². The zero-order chi connectivity index (χ0) is 14.6. The molecule has 0 bridgehead atoms. The predicted octanol–water partition coefficient (Wildman–Crippen LogP) is 0.866. The van der Waals surface area contributed by atoms with E-state index in [1.165, 1.54) is 6.07 Å². The molecule has 1 amide bonds. The molecule has 0 fully saturated rings. The van der Waals surface area contributed by atoms with Crippen LogP contribution < -0.4 is 5.32 Å². The number of rotatable bonds is 5. The molecule has 0 saturated heterocycles. The first-order chi connectivity index (χ1) is 8.81. The lowest BCUT2D eigenvalue weighted by Gasteiger charge is -2.13. The van der Waals surface area contributed by atoms with Crippen LogP contribution in [0.5, 0.6) is 0 Å². The van der Waals surface area contributed by atoms with Gasteiger partial charge < -0.3 is 10.4 Å². The van der Waals surface area contributed by atoms with Crippen molar-refractivity contribution in [2.45, 2.75) is 19.4 Å². The van der Waals surface area contributed by atoms with E-state index in [1.807, 2.05) is 0 Å². The predicted molar refractivity (Wildman–Crippen MR) is 62.0 cm³/mol. The molecule has 0 radical (unpaired) electrons. The zero-order valence-electron chi connectivity index (χ0n) is 9.92. The first-order valence-electron chi connectivity index (χ1n) is 5.24. The van der Waals surface area contributed by atoms with E-state index in [-0.39, 0.29) is 12.0 Å². The van der Waals surface area contributed by atoms with Crippen LogP contribution in [0.2, 0.25) is 0 Å². The maximum atomic E-state index is 13.3. The van der Waals surface area contributed by atoms with E-state index in [9.17, 15) is 24.1 Å². The molecule has 0 spiro atoms. The summed E-state index contributed by atoms with van der Waals surface area (Å²) in [5, 5.41) is 21.5. The average molecular weight is 270 g/mol. The summed E-state index contributed by atoms with van der Waals surface area (Å²) in [5.41, 5.74) is -0.445. The number of hydrogen-bond acceptors (Lipinski definition) is 4. The van der Waals surface area contributed by atoms with E-state index in [0.29, 0.717) is 0 Å². The highest BCUT2D eigenvalue weighted by molar-refractivity contribution is 5.82. The number of benzene rings is 1. The number of carbonyl (C=O) groups is 2. The van der Waals surface area contributed by atoms with E-state index in [2.05, 4.69) is 5.32 Å². The van der Waals surface area contributed by atoms with Crippen molar-refractivity contribution < 1.29 is 24.0 Å². The number of hydrogen-bond donors (Lipinski definition) is 2. The third-order valence-electron chi connectivity index (χ3n) is 2.32. The summed E-state index contributed by atoms with van der Waals surface area (Å²) in [7, 11) is 0. The Balaban J connectivity index is 2.91. The Kier molecular flexibility index (Phi) is 4.51. The highest BCUT2D eigenvalue weighted by atomic mass is 19.1. The third-order valence-corrected chi connectivity index (χ3v) is 2.32. The van der Waals surface area contributed by atoms with Crippen LogP contribution in [0.1, 0.15) is 12.5 Å². The largest absolute Gasteiger partial charge is 0.480 e. The van der Waals surface area contributed by atoms with Gasteiger partial charge in [-0.25, -0.2) is 4.79 Å². The highest BCUT2D eigenvalue weighted by Crippen LogP contribution is 2.18. The molecule has 0 aliphatic heterocycles. The minimum Gasteiger partial charge on any atom is -0.480 e. The van der Waals surface area contributed by atoms with Gasteiger partial charge in [-0.05, 0) is 11.6 Å². The summed E-state index contributed by atoms with van der Waals surface area (Å²) < 4.78 is 13.3. The molecule has 1 aromatic rings. The fourth-order valence-electron chi connectivity index (χ4n) is 1.51. The van der Waals surface area contributed by atoms with Gasteiger partial charge in [0.05, 0.1) is 4.92 Å². The second-order valence-electron chi connectivity index (χ2n) is 3.84. The zero-order valence-corrected chi connectivity index (χ0v) is 9.92. The molecule has 0 aliphatic rings. The molecule has 1 aromatic carbocycles. The summed E-state index contributed by atoms with van der Waals surface area (Å²) >= 11 is 0. The summed E-state index contributed by atoms with van der Waals surface area (Å²) in [6, 6.07) is 1.88. The molecular formula is C11H11FN2O5. The fraction of sp³-hybridized carbons (Fsp3) is 0.273. The van der Waals surface area contributed by atoms with Gasteiger partial charge in [0.15, 0.2) is 0 Å². The van der Waals surface area contributed by atoms with E-state index >= 15 is 0 Å². The minimum atomic E-state index is -1.27. The third kappa shape index (κ3) is 4.02. The van der Waals surface area contributed by atoms with Gasteiger partial charge >= 0.3 is 11.7 Å². The number of aliphatic carboxylic acids is 1. The molecule has 0 saturated carbocycles. The lowest BCUT2D eigenvalue weighted by Crippen LogP contribution is -2.41. The van der Waals surface area contributed by atoms with Gasteiger partial charge in [-0.3, -0.25) is 14.9 Å². The number of amides is 1. The van der Waals surface area contributed by atoms with Crippen molar-refractivity contribution in [3.8, 4) is 0 Å². The minimum absolute atomic E-state index is 0.163. The number of nitro benzene ring substituents is 1. The number of carboxylic acids is 1. The summed E-state index contributed by atoms with van der Waals surface area (Å²) in [6.07, 6.45) is -0.163. The van der Waals surface area contributed by atoms with Gasteiger partial charge in [0.1, 0.15) is 6.04 Å².